The molecule has 0 bridgehead atoms. The summed E-state index contributed by atoms with van der Waals surface area (Å²) in [5.41, 5.74) is 0.881. The molecule has 0 atom stereocenters. The predicted molar refractivity (Wildman–Crippen MR) is 64.9 cm³/mol. The molecule has 0 aliphatic heterocycles. The summed E-state index contributed by atoms with van der Waals surface area (Å²) >= 11 is 0. The zero-order chi connectivity index (χ0) is 14.0. The predicted octanol–water partition coefficient (Wildman–Crippen LogP) is 2.72. The van der Waals surface area contributed by atoms with Crippen LogP contribution in [0.3, 0.4) is 0 Å². The van der Waals surface area contributed by atoms with Gasteiger partial charge in [0.05, 0.1) is 11.3 Å². The van der Waals surface area contributed by atoms with Crippen molar-refractivity contribution in [1.82, 2.24) is 9.97 Å². The molecule has 0 amide bonds. The maximum absolute atomic E-state index is 13.7. The number of aryl methyl sites for hydroxylation is 2. The van der Waals surface area contributed by atoms with E-state index in [0.29, 0.717) is 11.3 Å². The molecule has 1 heterocycles. The summed E-state index contributed by atoms with van der Waals surface area (Å²) in [5.74, 6) is -1.52. The Balaban J connectivity index is 2.32. The zero-order valence-corrected chi connectivity index (χ0v) is 10.3. The van der Waals surface area contributed by atoms with E-state index in [0.717, 1.165) is 0 Å². The van der Waals surface area contributed by atoms with Crippen molar-refractivity contribution in [3.05, 3.63) is 47.2 Å². The number of aromatic carboxylic acids is 1. The third-order valence-corrected chi connectivity index (χ3v) is 2.57. The van der Waals surface area contributed by atoms with Gasteiger partial charge in [0.15, 0.2) is 0 Å². The Morgan fingerprint density at radius 1 is 1.32 bits per heavy atom. The van der Waals surface area contributed by atoms with Crippen molar-refractivity contribution in [1.29, 1.82) is 0 Å². The molecule has 2 rings (SSSR count). The van der Waals surface area contributed by atoms with Gasteiger partial charge in [0.2, 0.25) is 5.82 Å². The number of benzene rings is 1. The summed E-state index contributed by atoms with van der Waals surface area (Å²) in [5, 5.41) is 8.91. The minimum atomic E-state index is -1.02. The van der Waals surface area contributed by atoms with Gasteiger partial charge in [-0.3, -0.25) is 0 Å². The molecule has 0 unspecified atom stereocenters. The maximum atomic E-state index is 13.7. The molecule has 1 aromatic carbocycles. The molecule has 0 spiro atoms. The summed E-state index contributed by atoms with van der Waals surface area (Å²) in [6, 6.07) is 4.37. The molecule has 0 aliphatic rings. The van der Waals surface area contributed by atoms with Crippen molar-refractivity contribution < 1.29 is 19.0 Å². The average molecular weight is 262 g/mol. The van der Waals surface area contributed by atoms with Gasteiger partial charge in [0.25, 0.3) is 5.88 Å². The van der Waals surface area contributed by atoms with Crippen molar-refractivity contribution in [2.45, 2.75) is 13.8 Å². The fourth-order valence-electron chi connectivity index (χ4n) is 1.56. The number of halogens is 1. The van der Waals surface area contributed by atoms with Crippen LogP contribution in [-0.4, -0.2) is 21.0 Å². The molecule has 5 nitrogen and oxygen atoms in total. The van der Waals surface area contributed by atoms with Crippen molar-refractivity contribution in [3.8, 4) is 11.6 Å². The van der Waals surface area contributed by atoms with Crippen LogP contribution >= 0.6 is 0 Å². The number of hydrogen-bond acceptors (Lipinski definition) is 4. The summed E-state index contributed by atoms with van der Waals surface area (Å²) in [6.07, 6.45) is 1.20. The van der Waals surface area contributed by atoms with Gasteiger partial charge in [-0.1, -0.05) is 0 Å². The molecule has 98 valence electrons. The first kappa shape index (κ1) is 12.9. The van der Waals surface area contributed by atoms with Gasteiger partial charge < -0.3 is 9.84 Å². The number of ether oxygens (including phenoxy) is 1. The molecule has 0 saturated carbocycles. The molecule has 0 aliphatic carbocycles. The van der Waals surface area contributed by atoms with Crippen LogP contribution < -0.4 is 4.74 Å². The molecular weight excluding hydrogens is 251 g/mol. The van der Waals surface area contributed by atoms with E-state index in [2.05, 4.69) is 9.97 Å². The van der Waals surface area contributed by atoms with Gasteiger partial charge >= 0.3 is 5.97 Å². The van der Waals surface area contributed by atoms with Crippen LogP contribution in [0.1, 0.15) is 21.6 Å². The number of rotatable bonds is 3. The highest BCUT2D eigenvalue weighted by Crippen LogP contribution is 2.24. The third kappa shape index (κ3) is 2.67. The second-order valence-corrected chi connectivity index (χ2v) is 3.96. The van der Waals surface area contributed by atoms with Gasteiger partial charge in [-0.2, -0.15) is 9.37 Å². The van der Waals surface area contributed by atoms with E-state index in [4.69, 9.17) is 9.84 Å². The van der Waals surface area contributed by atoms with Crippen LogP contribution in [-0.2, 0) is 0 Å². The van der Waals surface area contributed by atoms with E-state index < -0.39 is 11.8 Å². The molecule has 1 aromatic heterocycles. The molecule has 2 aromatic rings. The van der Waals surface area contributed by atoms with E-state index in [1.165, 1.54) is 31.5 Å². The highest BCUT2D eigenvalue weighted by atomic mass is 19.1. The van der Waals surface area contributed by atoms with Crippen LogP contribution in [0.25, 0.3) is 0 Å². The average Bonchev–Trinajstić information content (AvgIpc) is 2.34. The lowest BCUT2D eigenvalue weighted by Crippen LogP contribution is -2.01. The van der Waals surface area contributed by atoms with Crippen LogP contribution in [0.4, 0.5) is 4.39 Å². The van der Waals surface area contributed by atoms with Gasteiger partial charge in [0, 0.05) is 0 Å². The van der Waals surface area contributed by atoms with Gasteiger partial charge in [0.1, 0.15) is 12.1 Å². The Morgan fingerprint density at radius 3 is 2.68 bits per heavy atom. The molecule has 0 fully saturated rings. The largest absolute Gasteiger partial charge is 0.478 e. The highest BCUT2D eigenvalue weighted by Gasteiger charge is 2.12. The Morgan fingerprint density at radius 2 is 2.05 bits per heavy atom. The Kier molecular flexibility index (Phi) is 3.41. The van der Waals surface area contributed by atoms with Crippen molar-refractivity contribution in [3.63, 3.8) is 0 Å². The molecule has 19 heavy (non-hydrogen) atoms. The van der Waals surface area contributed by atoms with Gasteiger partial charge in [-0.25, -0.2) is 9.78 Å². The van der Waals surface area contributed by atoms with E-state index >= 15 is 0 Å². The lowest BCUT2D eigenvalue weighted by Gasteiger charge is -2.08. The first-order chi connectivity index (χ1) is 8.99. The van der Waals surface area contributed by atoms with E-state index in [9.17, 15) is 9.18 Å². The summed E-state index contributed by atoms with van der Waals surface area (Å²) in [6.45, 7) is 3.14. The summed E-state index contributed by atoms with van der Waals surface area (Å²) in [7, 11) is 0. The van der Waals surface area contributed by atoms with E-state index in [1.807, 2.05) is 0 Å². The lowest BCUT2D eigenvalue weighted by atomic mass is 10.1. The second kappa shape index (κ2) is 5.01. The first-order valence-electron chi connectivity index (χ1n) is 5.48. The van der Waals surface area contributed by atoms with Crippen LogP contribution in [0.5, 0.6) is 11.6 Å². The minimum absolute atomic E-state index is 0.173. The molecule has 1 N–H and O–H groups in total. The van der Waals surface area contributed by atoms with Crippen molar-refractivity contribution in [2.24, 2.45) is 0 Å². The minimum Gasteiger partial charge on any atom is -0.478 e. The van der Waals surface area contributed by atoms with Crippen LogP contribution in [0.2, 0.25) is 0 Å². The lowest BCUT2D eigenvalue weighted by molar-refractivity contribution is 0.0696. The second-order valence-electron chi connectivity index (χ2n) is 3.96. The number of nitrogens with zero attached hydrogens (tertiary/aromatic N) is 2. The maximum Gasteiger partial charge on any atom is 0.335 e. The fraction of sp³-hybridized carbons (Fsp3) is 0.154. The molecule has 6 heteroatoms. The molecule has 0 radical (unpaired) electrons. The Bertz CT molecular complexity index is 644. The zero-order valence-electron chi connectivity index (χ0n) is 10.3. The van der Waals surface area contributed by atoms with Crippen molar-refractivity contribution in [2.75, 3.05) is 0 Å². The Hall–Kier alpha value is -2.50. The monoisotopic (exact) mass is 262 g/mol. The van der Waals surface area contributed by atoms with Crippen LogP contribution in [0.15, 0.2) is 24.5 Å². The summed E-state index contributed by atoms with van der Waals surface area (Å²) < 4.78 is 18.9. The number of carboxylic acids is 1. The smallest absolute Gasteiger partial charge is 0.335 e. The fourth-order valence-corrected chi connectivity index (χ4v) is 1.56. The quantitative estimate of drug-likeness (QED) is 0.920. The van der Waals surface area contributed by atoms with Gasteiger partial charge in [-0.05, 0) is 37.6 Å². The van der Waals surface area contributed by atoms with Crippen LogP contribution in [0, 0.1) is 19.7 Å². The number of carboxylic acid groups (broad SMARTS) is 1. The third-order valence-electron chi connectivity index (χ3n) is 2.57. The summed E-state index contributed by atoms with van der Waals surface area (Å²) in [4.78, 5) is 18.3. The van der Waals surface area contributed by atoms with Crippen molar-refractivity contribution >= 4 is 5.97 Å². The normalized spacial score (nSPS) is 10.3. The number of aromatic nitrogens is 2. The van der Waals surface area contributed by atoms with E-state index in [-0.39, 0.29) is 17.1 Å². The number of hydrogen-bond donors (Lipinski definition) is 1. The van der Waals surface area contributed by atoms with Gasteiger partial charge in [-0.15, -0.1) is 0 Å². The Labute approximate surface area is 108 Å². The molecular formula is C13H11FN2O3. The topological polar surface area (TPSA) is 72.3 Å². The molecule has 0 saturated heterocycles. The number of carbonyl (C=O) groups is 1. The SMILES string of the molecule is Cc1cc(Oc2ncnc(C)c2F)ccc1C(=O)O. The van der Waals surface area contributed by atoms with E-state index in [1.54, 1.807) is 6.92 Å². The standard InChI is InChI=1S/C13H11FN2O3/c1-7-5-9(3-4-10(7)13(17)18)19-12-11(14)8(2)15-6-16-12/h3-6H,1-2H3,(H,17,18). The first-order valence-corrected chi connectivity index (χ1v) is 5.48. The highest BCUT2D eigenvalue weighted by molar-refractivity contribution is 5.89.